The van der Waals surface area contributed by atoms with Crippen LogP contribution in [0.5, 0.6) is 0 Å². The highest BCUT2D eigenvalue weighted by Crippen LogP contribution is 2.37. The first kappa shape index (κ1) is 19.4. The van der Waals surface area contributed by atoms with E-state index in [9.17, 15) is 8.78 Å². The molecule has 1 aromatic rings. The summed E-state index contributed by atoms with van der Waals surface area (Å²) in [7, 11) is 0. The van der Waals surface area contributed by atoms with E-state index in [2.05, 4.69) is 13.8 Å². The van der Waals surface area contributed by atoms with Crippen LogP contribution in [0.4, 0.5) is 8.78 Å². The number of hydrogen-bond acceptors (Lipinski definition) is 0. The average molecular weight is 337 g/mol. The highest BCUT2D eigenvalue weighted by Gasteiger charge is 2.25. The molecule has 1 unspecified atom stereocenters. The molecule has 1 aliphatic carbocycles. The van der Waals surface area contributed by atoms with Crippen LogP contribution in [0.25, 0.3) is 0 Å². The molecule has 1 atom stereocenters. The van der Waals surface area contributed by atoms with Crippen LogP contribution < -0.4 is 0 Å². The first-order chi connectivity index (χ1) is 11.6. The van der Waals surface area contributed by atoms with E-state index in [1.807, 2.05) is 0 Å². The van der Waals surface area contributed by atoms with E-state index < -0.39 is 11.6 Å². The maximum absolute atomic E-state index is 13.3. The van der Waals surface area contributed by atoms with Crippen molar-refractivity contribution < 1.29 is 8.78 Å². The average Bonchev–Trinajstić information content (AvgIpc) is 2.54. The van der Waals surface area contributed by atoms with Crippen molar-refractivity contribution in [1.82, 2.24) is 0 Å². The van der Waals surface area contributed by atoms with Gasteiger partial charge in [-0.2, -0.15) is 0 Å². The van der Waals surface area contributed by atoms with Gasteiger partial charge >= 0.3 is 0 Å². The van der Waals surface area contributed by atoms with Gasteiger partial charge in [0.1, 0.15) is 11.6 Å². The zero-order valence-corrected chi connectivity index (χ0v) is 15.5. The van der Waals surface area contributed by atoms with Gasteiger partial charge < -0.3 is 0 Å². The molecule has 136 valence electrons. The molecule has 0 N–H and O–H groups in total. The molecule has 2 heteroatoms. The van der Waals surface area contributed by atoms with Gasteiger partial charge in [0.2, 0.25) is 0 Å². The van der Waals surface area contributed by atoms with Crippen LogP contribution in [-0.4, -0.2) is 0 Å². The summed E-state index contributed by atoms with van der Waals surface area (Å²) in [5, 5.41) is 0. The van der Waals surface area contributed by atoms with E-state index in [4.69, 9.17) is 0 Å². The van der Waals surface area contributed by atoms with Crippen molar-refractivity contribution in [2.75, 3.05) is 0 Å². The molecule has 0 aliphatic heterocycles. The molecule has 0 nitrogen and oxygen atoms in total. The molecule has 1 fully saturated rings. The topological polar surface area (TPSA) is 0 Å². The van der Waals surface area contributed by atoms with Gasteiger partial charge in [-0.25, -0.2) is 8.78 Å². The molecule has 0 bridgehead atoms. The summed E-state index contributed by atoms with van der Waals surface area (Å²) in [6, 6.07) is 3.93. The predicted octanol–water partition coefficient (Wildman–Crippen LogP) is 7.31. The summed E-state index contributed by atoms with van der Waals surface area (Å²) in [6.07, 6.45) is 14.4. The van der Waals surface area contributed by atoms with E-state index in [1.54, 1.807) is 0 Å². The molecule has 0 amide bonds. The van der Waals surface area contributed by atoms with Crippen LogP contribution in [0.3, 0.4) is 0 Å². The predicted molar refractivity (Wildman–Crippen MR) is 98.1 cm³/mol. The Morgan fingerprint density at radius 3 is 2.17 bits per heavy atom. The van der Waals surface area contributed by atoms with Gasteiger partial charge in [0, 0.05) is 6.07 Å². The largest absolute Gasteiger partial charge is 0.207 e. The van der Waals surface area contributed by atoms with E-state index in [0.29, 0.717) is 11.8 Å². The quantitative estimate of drug-likeness (QED) is 0.415. The number of hydrogen-bond donors (Lipinski definition) is 0. The summed E-state index contributed by atoms with van der Waals surface area (Å²) in [5.74, 6) is 1.24. The minimum absolute atomic E-state index is 0.455. The van der Waals surface area contributed by atoms with Crippen molar-refractivity contribution in [3.05, 3.63) is 35.4 Å². The fourth-order valence-corrected chi connectivity index (χ4v) is 4.35. The SMILES string of the molecule is CCCCCCCC1CCC(C(C)Cc2cc(F)cc(F)c2)CC1. The Morgan fingerprint density at radius 2 is 1.54 bits per heavy atom. The first-order valence-corrected chi connectivity index (χ1v) is 10.0. The lowest BCUT2D eigenvalue weighted by molar-refractivity contribution is 0.204. The minimum Gasteiger partial charge on any atom is -0.207 e. The fraction of sp³-hybridized carbons (Fsp3) is 0.727. The van der Waals surface area contributed by atoms with Crippen LogP contribution in [0.1, 0.15) is 83.6 Å². The summed E-state index contributed by atoms with van der Waals surface area (Å²) in [5.41, 5.74) is 0.804. The molecule has 1 aliphatic rings. The van der Waals surface area contributed by atoms with Crippen LogP contribution in [0.15, 0.2) is 18.2 Å². The molecule has 1 saturated carbocycles. The normalized spacial score (nSPS) is 22.5. The van der Waals surface area contributed by atoms with E-state index >= 15 is 0 Å². The molecule has 0 heterocycles. The van der Waals surface area contributed by atoms with Gasteiger partial charge in [-0.15, -0.1) is 0 Å². The Kier molecular flexibility index (Phi) is 8.21. The molecule has 1 aromatic carbocycles. The lowest BCUT2D eigenvalue weighted by Gasteiger charge is -2.32. The second-order valence-corrected chi connectivity index (χ2v) is 7.94. The summed E-state index contributed by atoms with van der Waals surface area (Å²) >= 11 is 0. The fourth-order valence-electron chi connectivity index (χ4n) is 4.35. The van der Waals surface area contributed by atoms with E-state index in [-0.39, 0.29) is 0 Å². The highest BCUT2D eigenvalue weighted by atomic mass is 19.1. The Hall–Kier alpha value is -0.920. The van der Waals surface area contributed by atoms with E-state index in [1.165, 1.54) is 76.3 Å². The molecular weight excluding hydrogens is 302 g/mol. The van der Waals surface area contributed by atoms with Crippen LogP contribution in [-0.2, 0) is 6.42 Å². The van der Waals surface area contributed by atoms with Crippen molar-refractivity contribution in [1.29, 1.82) is 0 Å². The van der Waals surface area contributed by atoms with Crippen LogP contribution in [0.2, 0.25) is 0 Å². The van der Waals surface area contributed by atoms with E-state index in [0.717, 1.165) is 24.0 Å². The van der Waals surface area contributed by atoms with Gasteiger partial charge in [-0.3, -0.25) is 0 Å². The van der Waals surface area contributed by atoms with Crippen LogP contribution >= 0.6 is 0 Å². The number of unbranched alkanes of at least 4 members (excludes halogenated alkanes) is 4. The van der Waals surface area contributed by atoms with Gasteiger partial charge in [-0.1, -0.05) is 65.2 Å². The molecule has 0 saturated heterocycles. The van der Waals surface area contributed by atoms with Crippen molar-refractivity contribution in [2.45, 2.75) is 84.5 Å². The maximum atomic E-state index is 13.3. The first-order valence-electron chi connectivity index (χ1n) is 10.0. The molecule has 0 aromatic heterocycles. The van der Waals surface area contributed by atoms with Crippen LogP contribution in [0, 0.1) is 29.4 Å². The summed E-state index contributed by atoms with van der Waals surface area (Å²) < 4.78 is 26.7. The molecule has 0 radical (unpaired) electrons. The van der Waals surface area contributed by atoms with Crippen molar-refractivity contribution in [3.63, 3.8) is 0 Å². The second-order valence-electron chi connectivity index (χ2n) is 7.94. The number of halogens is 2. The Morgan fingerprint density at radius 1 is 0.917 bits per heavy atom. The molecule has 0 spiro atoms. The minimum atomic E-state index is -0.455. The lowest BCUT2D eigenvalue weighted by Crippen LogP contribution is -2.21. The highest BCUT2D eigenvalue weighted by molar-refractivity contribution is 5.18. The van der Waals surface area contributed by atoms with Crippen molar-refractivity contribution in [3.8, 4) is 0 Å². The molecular formula is C22H34F2. The molecule has 24 heavy (non-hydrogen) atoms. The second kappa shape index (κ2) is 10.2. The van der Waals surface area contributed by atoms with Gasteiger partial charge in [0.05, 0.1) is 0 Å². The van der Waals surface area contributed by atoms with Gasteiger partial charge in [0.15, 0.2) is 0 Å². The lowest BCUT2D eigenvalue weighted by atomic mass is 9.73. The van der Waals surface area contributed by atoms with Crippen molar-refractivity contribution in [2.24, 2.45) is 17.8 Å². The Balaban J connectivity index is 1.69. The Bertz CT molecular complexity index is 455. The third-order valence-corrected chi connectivity index (χ3v) is 5.89. The van der Waals surface area contributed by atoms with Gasteiger partial charge in [0.25, 0.3) is 0 Å². The molecule has 2 rings (SSSR count). The van der Waals surface area contributed by atoms with Gasteiger partial charge in [-0.05, 0) is 54.7 Å². The zero-order chi connectivity index (χ0) is 17.4. The maximum Gasteiger partial charge on any atom is 0.126 e. The number of rotatable bonds is 9. The summed E-state index contributed by atoms with van der Waals surface area (Å²) in [4.78, 5) is 0. The standard InChI is InChI=1S/C22H34F2/c1-3-4-5-6-7-8-18-9-11-20(12-10-18)17(2)13-19-14-21(23)16-22(24)15-19/h14-18,20H,3-13H2,1-2H3. The summed E-state index contributed by atoms with van der Waals surface area (Å²) in [6.45, 7) is 4.51. The monoisotopic (exact) mass is 336 g/mol. The van der Waals surface area contributed by atoms with Crippen molar-refractivity contribution >= 4 is 0 Å². The zero-order valence-electron chi connectivity index (χ0n) is 15.5. The smallest absolute Gasteiger partial charge is 0.126 e. The third kappa shape index (κ3) is 6.53. The Labute approximate surface area is 147 Å². The third-order valence-electron chi connectivity index (χ3n) is 5.89. The number of benzene rings is 1.